The van der Waals surface area contributed by atoms with Crippen LogP contribution < -0.4 is 16.5 Å². The SMILES string of the molecule is Cn1c(=O)n(CC(=O)NNC(=O)c2cc3c(s2)CCCCCC3)c2ccccc21. The number of nitrogens with zero attached hydrogens (tertiary/aromatic N) is 2. The van der Waals surface area contributed by atoms with Gasteiger partial charge in [0, 0.05) is 11.9 Å². The number of nitrogens with one attached hydrogen (secondary N) is 2. The van der Waals surface area contributed by atoms with Gasteiger partial charge in [0.05, 0.1) is 15.9 Å². The molecule has 0 fully saturated rings. The van der Waals surface area contributed by atoms with Crippen LogP contribution in [0.4, 0.5) is 0 Å². The molecule has 2 amide bonds. The van der Waals surface area contributed by atoms with Crippen molar-refractivity contribution >= 4 is 34.2 Å². The molecule has 2 heterocycles. The molecule has 1 aliphatic rings. The van der Waals surface area contributed by atoms with Crippen LogP contribution in [-0.2, 0) is 31.2 Å². The Hall–Kier alpha value is -2.87. The van der Waals surface area contributed by atoms with E-state index in [0.717, 1.165) is 31.2 Å². The first kappa shape index (κ1) is 19.4. The Labute approximate surface area is 172 Å². The van der Waals surface area contributed by atoms with Crippen LogP contribution in [0.3, 0.4) is 0 Å². The maximum Gasteiger partial charge on any atom is 0.329 e. The minimum atomic E-state index is -0.452. The summed E-state index contributed by atoms with van der Waals surface area (Å²) in [5.74, 6) is -0.771. The van der Waals surface area contributed by atoms with E-state index in [4.69, 9.17) is 0 Å². The summed E-state index contributed by atoms with van der Waals surface area (Å²) in [6.07, 6.45) is 6.81. The molecular weight excluding hydrogens is 388 g/mol. The highest BCUT2D eigenvalue weighted by Crippen LogP contribution is 2.28. The topological polar surface area (TPSA) is 85.1 Å². The number of carbonyl (C=O) groups excluding carboxylic acids is 2. The number of aromatic nitrogens is 2. The number of thiophene rings is 1. The zero-order valence-electron chi connectivity index (χ0n) is 16.4. The number of para-hydroxylation sites is 2. The lowest BCUT2D eigenvalue weighted by atomic mass is 10.00. The Morgan fingerprint density at radius 2 is 1.76 bits per heavy atom. The number of benzene rings is 1. The number of aryl methyl sites for hydroxylation is 3. The van der Waals surface area contributed by atoms with Crippen LogP contribution >= 0.6 is 11.3 Å². The van der Waals surface area contributed by atoms with E-state index in [1.807, 2.05) is 24.3 Å². The summed E-state index contributed by atoms with van der Waals surface area (Å²) in [5, 5.41) is 0. The lowest BCUT2D eigenvalue weighted by Crippen LogP contribution is -2.44. The van der Waals surface area contributed by atoms with Crippen molar-refractivity contribution in [3.63, 3.8) is 0 Å². The fourth-order valence-corrected chi connectivity index (χ4v) is 4.99. The van der Waals surface area contributed by atoms with Crippen LogP contribution in [0.25, 0.3) is 11.0 Å². The fraction of sp³-hybridized carbons (Fsp3) is 0.381. The van der Waals surface area contributed by atoms with Crippen molar-refractivity contribution in [1.82, 2.24) is 20.0 Å². The van der Waals surface area contributed by atoms with Crippen molar-refractivity contribution < 1.29 is 9.59 Å². The second kappa shape index (κ2) is 8.24. The standard InChI is InChI=1S/C21H24N4O3S/c1-24-15-9-6-7-10-16(15)25(21(24)28)13-19(26)22-23-20(27)18-12-14-8-4-2-3-5-11-17(14)29-18/h6-7,9-10,12H,2-5,8,11,13H2,1H3,(H,22,26)(H,23,27). The van der Waals surface area contributed by atoms with E-state index in [1.54, 1.807) is 13.1 Å². The van der Waals surface area contributed by atoms with E-state index in [0.29, 0.717) is 10.4 Å². The quantitative estimate of drug-likeness (QED) is 0.649. The first-order chi connectivity index (χ1) is 14.0. The van der Waals surface area contributed by atoms with Gasteiger partial charge >= 0.3 is 5.69 Å². The van der Waals surface area contributed by atoms with Crippen LogP contribution in [0.2, 0.25) is 0 Å². The van der Waals surface area contributed by atoms with Gasteiger partial charge in [-0.1, -0.05) is 25.0 Å². The Bertz CT molecular complexity index is 1100. The largest absolute Gasteiger partial charge is 0.329 e. The highest BCUT2D eigenvalue weighted by molar-refractivity contribution is 7.14. The van der Waals surface area contributed by atoms with E-state index in [-0.39, 0.29) is 18.1 Å². The molecule has 7 nitrogen and oxygen atoms in total. The van der Waals surface area contributed by atoms with Crippen LogP contribution in [0.1, 0.15) is 45.8 Å². The Balaban J connectivity index is 1.41. The molecule has 8 heteroatoms. The predicted molar refractivity (Wildman–Crippen MR) is 113 cm³/mol. The summed E-state index contributed by atoms with van der Waals surface area (Å²) in [6, 6.07) is 9.24. The summed E-state index contributed by atoms with van der Waals surface area (Å²) in [6.45, 7) is -0.165. The number of carbonyl (C=O) groups is 2. The maximum absolute atomic E-state index is 12.5. The molecule has 29 heavy (non-hydrogen) atoms. The average Bonchev–Trinajstić information content (AvgIpc) is 3.20. The van der Waals surface area contributed by atoms with Gasteiger partial charge in [-0.05, 0) is 49.4 Å². The Morgan fingerprint density at radius 3 is 2.55 bits per heavy atom. The van der Waals surface area contributed by atoms with E-state index in [1.165, 1.54) is 43.8 Å². The Kier molecular flexibility index (Phi) is 5.53. The third kappa shape index (κ3) is 3.98. The molecule has 0 spiro atoms. The lowest BCUT2D eigenvalue weighted by molar-refractivity contribution is -0.122. The number of hydrogen-bond acceptors (Lipinski definition) is 4. The van der Waals surface area contributed by atoms with Gasteiger partial charge in [0.1, 0.15) is 6.54 Å². The second-order valence-corrected chi connectivity index (χ2v) is 8.53. The summed E-state index contributed by atoms with van der Waals surface area (Å²) < 4.78 is 2.90. The molecule has 1 aliphatic carbocycles. The molecule has 0 aliphatic heterocycles. The highest BCUT2D eigenvalue weighted by Gasteiger charge is 2.17. The van der Waals surface area contributed by atoms with Gasteiger partial charge in [0.2, 0.25) is 0 Å². The average molecular weight is 413 g/mol. The Morgan fingerprint density at radius 1 is 1.03 bits per heavy atom. The number of hydrazine groups is 1. The molecule has 2 aromatic heterocycles. The minimum Gasteiger partial charge on any atom is -0.295 e. The van der Waals surface area contributed by atoms with Crippen molar-refractivity contribution in [3.8, 4) is 0 Å². The summed E-state index contributed by atoms with van der Waals surface area (Å²) in [4.78, 5) is 39.1. The fourth-order valence-electron chi connectivity index (χ4n) is 3.84. The molecule has 0 radical (unpaired) electrons. The lowest BCUT2D eigenvalue weighted by Gasteiger charge is -2.07. The first-order valence-electron chi connectivity index (χ1n) is 9.89. The molecule has 4 rings (SSSR count). The number of fused-ring (bicyclic) bond motifs is 2. The van der Waals surface area contributed by atoms with Crippen molar-refractivity contribution in [2.75, 3.05) is 0 Å². The normalized spacial score (nSPS) is 14.1. The van der Waals surface area contributed by atoms with Crippen molar-refractivity contribution in [1.29, 1.82) is 0 Å². The monoisotopic (exact) mass is 412 g/mol. The van der Waals surface area contributed by atoms with Crippen LogP contribution in [0, 0.1) is 0 Å². The van der Waals surface area contributed by atoms with Gasteiger partial charge in [-0.25, -0.2) is 4.79 Å². The number of imidazole rings is 1. The van der Waals surface area contributed by atoms with Gasteiger partial charge < -0.3 is 0 Å². The molecule has 0 atom stereocenters. The highest BCUT2D eigenvalue weighted by atomic mass is 32.1. The third-order valence-electron chi connectivity index (χ3n) is 5.39. The third-order valence-corrected chi connectivity index (χ3v) is 6.63. The van der Waals surface area contributed by atoms with Crippen LogP contribution in [0.15, 0.2) is 35.1 Å². The maximum atomic E-state index is 12.5. The number of amides is 2. The zero-order valence-corrected chi connectivity index (χ0v) is 17.2. The van der Waals surface area contributed by atoms with E-state index in [2.05, 4.69) is 10.9 Å². The van der Waals surface area contributed by atoms with Gasteiger partial charge in [0.15, 0.2) is 0 Å². The molecule has 0 saturated heterocycles. The molecule has 2 N–H and O–H groups in total. The van der Waals surface area contributed by atoms with Crippen LogP contribution in [0.5, 0.6) is 0 Å². The molecular formula is C21H24N4O3S. The number of hydrogen-bond donors (Lipinski definition) is 2. The smallest absolute Gasteiger partial charge is 0.295 e. The van der Waals surface area contributed by atoms with Gasteiger partial charge in [-0.15, -0.1) is 11.3 Å². The van der Waals surface area contributed by atoms with Gasteiger partial charge in [-0.2, -0.15) is 0 Å². The minimum absolute atomic E-state index is 0.165. The molecule has 1 aromatic carbocycles. The molecule has 0 unspecified atom stereocenters. The second-order valence-electron chi connectivity index (χ2n) is 7.39. The molecule has 0 bridgehead atoms. The first-order valence-corrected chi connectivity index (χ1v) is 10.7. The summed E-state index contributed by atoms with van der Waals surface area (Å²) >= 11 is 1.51. The van der Waals surface area contributed by atoms with Gasteiger partial charge in [0.25, 0.3) is 11.8 Å². The van der Waals surface area contributed by atoms with E-state index >= 15 is 0 Å². The summed E-state index contributed by atoms with van der Waals surface area (Å²) in [7, 11) is 1.67. The molecule has 0 saturated carbocycles. The van der Waals surface area contributed by atoms with Gasteiger partial charge in [-0.3, -0.25) is 29.6 Å². The van der Waals surface area contributed by atoms with E-state index < -0.39 is 5.91 Å². The van der Waals surface area contributed by atoms with Crippen molar-refractivity contribution in [2.45, 2.75) is 45.1 Å². The van der Waals surface area contributed by atoms with Crippen LogP contribution in [-0.4, -0.2) is 20.9 Å². The predicted octanol–water partition coefficient (Wildman–Crippen LogP) is 2.52. The van der Waals surface area contributed by atoms with Crippen molar-refractivity contribution in [2.24, 2.45) is 7.05 Å². The van der Waals surface area contributed by atoms with E-state index in [9.17, 15) is 14.4 Å². The number of rotatable bonds is 3. The molecule has 152 valence electrons. The van der Waals surface area contributed by atoms with Crippen molar-refractivity contribution in [3.05, 3.63) is 56.1 Å². The zero-order chi connectivity index (χ0) is 20.4. The summed E-state index contributed by atoms with van der Waals surface area (Å²) in [5.41, 5.74) is 7.34. The molecule has 3 aromatic rings.